The van der Waals surface area contributed by atoms with Crippen molar-refractivity contribution < 1.29 is 18.6 Å². The molecule has 0 aliphatic carbocycles. The van der Waals surface area contributed by atoms with Crippen LogP contribution in [0.3, 0.4) is 0 Å². The van der Waals surface area contributed by atoms with E-state index in [-0.39, 0.29) is 24.5 Å². The smallest absolute Gasteiger partial charge is 0.130 e. The van der Waals surface area contributed by atoms with Crippen LogP contribution in [0.1, 0.15) is 24.0 Å². The minimum atomic E-state index is -1.05. The molecule has 2 aromatic rings. The molecule has 136 valence electrons. The van der Waals surface area contributed by atoms with E-state index in [2.05, 4.69) is 0 Å². The average Bonchev–Trinajstić information content (AvgIpc) is 2.58. The van der Waals surface area contributed by atoms with Gasteiger partial charge in [0.2, 0.25) is 0 Å². The molecule has 1 aliphatic rings. The molecule has 0 radical (unpaired) electrons. The van der Waals surface area contributed by atoms with E-state index in [1.165, 1.54) is 18.2 Å². The number of likely N-dealkylation sites (tertiary alicyclic amines) is 1. The van der Waals surface area contributed by atoms with Crippen LogP contribution in [0.15, 0.2) is 42.5 Å². The summed E-state index contributed by atoms with van der Waals surface area (Å²) in [5.41, 5.74) is -0.234. The van der Waals surface area contributed by atoms with Gasteiger partial charge >= 0.3 is 0 Å². The summed E-state index contributed by atoms with van der Waals surface area (Å²) >= 11 is 0. The molecule has 1 aliphatic heterocycles. The molecule has 1 N–H and O–H groups in total. The molecule has 6 heteroatoms. The molecule has 1 heterocycles. The quantitative estimate of drug-likeness (QED) is 0.887. The summed E-state index contributed by atoms with van der Waals surface area (Å²) in [4.78, 5) is 1.89. The minimum Gasteiger partial charge on any atom is -0.497 e. The summed E-state index contributed by atoms with van der Waals surface area (Å²) < 4.78 is 33.0. The van der Waals surface area contributed by atoms with Gasteiger partial charge in [-0.3, -0.25) is 4.90 Å². The van der Waals surface area contributed by atoms with Crippen LogP contribution in [0.5, 0.6) is 5.75 Å². The van der Waals surface area contributed by atoms with E-state index >= 15 is 0 Å². The molecule has 0 amide bonds. The molecule has 0 saturated carbocycles. The molecule has 3 nitrogen and oxygen atoms in total. The predicted molar refractivity (Wildman–Crippen MR) is 95.0 cm³/mol. The van der Waals surface area contributed by atoms with Gasteiger partial charge in [0, 0.05) is 18.7 Å². The van der Waals surface area contributed by atoms with E-state index in [9.17, 15) is 13.9 Å². The van der Waals surface area contributed by atoms with Gasteiger partial charge < -0.3 is 9.84 Å². The molecular formula is C19H22ClF2NO2. The number of methoxy groups -OCH3 is 1. The Bertz CT molecular complexity index is 708. The van der Waals surface area contributed by atoms with Crippen LogP contribution in [0.4, 0.5) is 8.78 Å². The lowest BCUT2D eigenvalue weighted by molar-refractivity contribution is -0.0387. The first-order valence-corrected chi connectivity index (χ1v) is 8.04. The second-order valence-electron chi connectivity index (χ2n) is 6.28. The monoisotopic (exact) mass is 369 g/mol. The summed E-state index contributed by atoms with van der Waals surface area (Å²) in [7, 11) is 1.58. The number of rotatable bonds is 4. The van der Waals surface area contributed by atoms with Crippen molar-refractivity contribution in [2.24, 2.45) is 0 Å². The molecule has 1 atom stereocenters. The standard InChI is InChI=1S/C19H21F2NO2.ClH/c1-24-15-6-2-5-14(11-15)19(23)9-4-10-22(13-19)12-16-17(20)7-3-8-18(16)21;/h2-3,5-8,11,23H,4,9-10,12-13H2,1H3;1H. The highest BCUT2D eigenvalue weighted by molar-refractivity contribution is 5.85. The highest BCUT2D eigenvalue weighted by Crippen LogP contribution is 2.34. The number of aliphatic hydroxyl groups is 1. The summed E-state index contributed by atoms with van der Waals surface area (Å²) in [5.74, 6) is -0.422. The first kappa shape index (κ1) is 19.6. The molecule has 1 fully saturated rings. The largest absolute Gasteiger partial charge is 0.497 e. The zero-order valence-electron chi connectivity index (χ0n) is 14.0. The Balaban J connectivity index is 0.00000225. The number of halogens is 3. The van der Waals surface area contributed by atoms with Gasteiger partial charge in [-0.2, -0.15) is 0 Å². The van der Waals surface area contributed by atoms with E-state index in [1.54, 1.807) is 7.11 Å². The predicted octanol–water partition coefficient (Wildman–Crippen LogP) is 3.88. The van der Waals surface area contributed by atoms with Gasteiger partial charge in [-0.1, -0.05) is 18.2 Å². The fraction of sp³-hybridized carbons (Fsp3) is 0.368. The Morgan fingerprint density at radius 1 is 1.16 bits per heavy atom. The van der Waals surface area contributed by atoms with Crippen molar-refractivity contribution >= 4 is 12.4 Å². The highest BCUT2D eigenvalue weighted by Gasteiger charge is 2.35. The molecule has 2 aromatic carbocycles. The molecule has 0 bridgehead atoms. The molecule has 1 saturated heterocycles. The van der Waals surface area contributed by atoms with Gasteiger partial charge in [0.15, 0.2) is 0 Å². The van der Waals surface area contributed by atoms with Crippen molar-refractivity contribution in [3.63, 3.8) is 0 Å². The zero-order chi connectivity index (χ0) is 17.2. The van der Waals surface area contributed by atoms with Crippen LogP contribution in [0, 0.1) is 11.6 Å². The van der Waals surface area contributed by atoms with Crippen molar-refractivity contribution in [1.82, 2.24) is 4.90 Å². The first-order chi connectivity index (χ1) is 11.5. The lowest BCUT2D eigenvalue weighted by atomic mass is 9.85. The summed E-state index contributed by atoms with van der Waals surface area (Å²) in [6.07, 6.45) is 1.36. The topological polar surface area (TPSA) is 32.7 Å². The van der Waals surface area contributed by atoms with Crippen molar-refractivity contribution in [3.8, 4) is 5.75 Å². The van der Waals surface area contributed by atoms with Gasteiger partial charge in [0.05, 0.1) is 7.11 Å². The van der Waals surface area contributed by atoms with Crippen molar-refractivity contribution in [3.05, 3.63) is 65.2 Å². The average molecular weight is 370 g/mol. The third-order valence-corrected chi connectivity index (χ3v) is 4.60. The molecular weight excluding hydrogens is 348 g/mol. The van der Waals surface area contributed by atoms with Crippen LogP contribution in [0.2, 0.25) is 0 Å². The zero-order valence-corrected chi connectivity index (χ0v) is 14.9. The number of benzene rings is 2. The molecule has 0 spiro atoms. The number of ether oxygens (including phenoxy) is 1. The SMILES string of the molecule is COc1cccc(C2(O)CCCN(Cc3c(F)cccc3F)C2)c1.Cl. The lowest BCUT2D eigenvalue weighted by Gasteiger charge is -2.39. The number of nitrogens with zero attached hydrogens (tertiary/aromatic N) is 1. The second-order valence-corrected chi connectivity index (χ2v) is 6.28. The number of hydrogen-bond acceptors (Lipinski definition) is 3. The molecule has 1 unspecified atom stereocenters. The van der Waals surface area contributed by atoms with Gasteiger partial charge in [-0.25, -0.2) is 8.78 Å². The van der Waals surface area contributed by atoms with Crippen LogP contribution in [-0.2, 0) is 12.1 Å². The Hall–Kier alpha value is -1.69. The van der Waals surface area contributed by atoms with Crippen molar-refractivity contribution in [2.75, 3.05) is 20.2 Å². The maximum absolute atomic E-state index is 13.9. The van der Waals surface area contributed by atoms with Crippen molar-refractivity contribution in [2.45, 2.75) is 25.0 Å². The van der Waals surface area contributed by atoms with Gasteiger partial charge in [-0.15, -0.1) is 12.4 Å². The maximum Gasteiger partial charge on any atom is 0.130 e. The fourth-order valence-corrected chi connectivity index (χ4v) is 3.31. The Morgan fingerprint density at radius 2 is 1.84 bits per heavy atom. The summed E-state index contributed by atoms with van der Waals surface area (Å²) in [5, 5.41) is 11.1. The third-order valence-electron chi connectivity index (χ3n) is 4.60. The Kier molecular flexibility index (Phi) is 6.38. The maximum atomic E-state index is 13.9. The van der Waals surface area contributed by atoms with Gasteiger partial charge in [0.25, 0.3) is 0 Å². The molecule has 3 rings (SSSR count). The van der Waals surface area contributed by atoms with Crippen LogP contribution in [-0.4, -0.2) is 30.2 Å². The van der Waals surface area contributed by atoms with Gasteiger partial charge in [0.1, 0.15) is 23.0 Å². The normalized spacial score (nSPS) is 20.8. The molecule has 25 heavy (non-hydrogen) atoms. The van der Waals surface area contributed by atoms with E-state index in [1.807, 2.05) is 29.2 Å². The van der Waals surface area contributed by atoms with E-state index in [0.29, 0.717) is 25.3 Å². The van der Waals surface area contributed by atoms with E-state index in [0.717, 1.165) is 12.0 Å². The second kappa shape index (κ2) is 8.13. The van der Waals surface area contributed by atoms with E-state index < -0.39 is 17.2 Å². The van der Waals surface area contributed by atoms with E-state index in [4.69, 9.17) is 4.74 Å². The fourth-order valence-electron chi connectivity index (χ4n) is 3.31. The Labute approximate surface area is 152 Å². The minimum absolute atomic E-state index is 0. The van der Waals surface area contributed by atoms with Crippen LogP contribution >= 0.6 is 12.4 Å². The number of β-amino-alcohol motifs (C(OH)–C–C–N with tert-alkyl or cyclic N) is 1. The Morgan fingerprint density at radius 3 is 2.52 bits per heavy atom. The summed E-state index contributed by atoms with van der Waals surface area (Å²) in [6, 6.07) is 11.2. The van der Waals surface area contributed by atoms with Crippen LogP contribution < -0.4 is 4.74 Å². The highest BCUT2D eigenvalue weighted by atomic mass is 35.5. The van der Waals surface area contributed by atoms with Crippen molar-refractivity contribution in [1.29, 1.82) is 0 Å². The number of piperidine rings is 1. The van der Waals surface area contributed by atoms with Crippen LogP contribution in [0.25, 0.3) is 0 Å². The summed E-state index contributed by atoms with van der Waals surface area (Å²) in [6.45, 7) is 1.17. The first-order valence-electron chi connectivity index (χ1n) is 8.04. The van der Waals surface area contributed by atoms with Gasteiger partial charge in [-0.05, 0) is 49.2 Å². The lowest BCUT2D eigenvalue weighted by Crippen LogP contribution is -2.45. The number of hydrogen-bond donors (Lipinski definition) is 1. The third kappa shape index (κ3) is 4.29. The molecule has 0 aromatic heterocycles.